The molecule has 184 valence electrons. The molecule has 0 spiro atoms. The molecule has 2 aliphatic heterocycles. The quantitative estimate of drug-likeness (QED) is 0.391. The predicted octanol–water partition coefficient (Wildman–Crippen LogP) is 3.76. The molecule has 2 saturated heterocycles. The van der Waals surface area contributed by atoms with Gasteiger partial charge in [0.1, 0.15) is 23.3 Å². The monoisotopic (exact) mass is 468 g/mol. The summed E-state index contributed by atoms with van der Waals surface area (Å²) in [4.78, 5) is 17.6. The van der Waals surface area contributed by atoms with Crippen LogP contribution < -0.4 is 14.2 Å². The maximum atomic E-state index is 13.3. The van der Waals surface area contributed by atoms with Crippen molar-refractivity contribution >= 4 is 5.91 Å². The van der Waals surface area contributed by atoms with E-state index >= 15 is 0 Å². The molecule has 2 aliphatic rings. The van der Waals surface area contributed by atoms with Crippen LogP contribution in [-0.2, 0) is 9.53 Å². The highest BCUT2D eigenvalue weighted by Gasteiger charge is 2.50. The van der Waals surface area contributed by atoms with Crippen LogP contribution in [0.25, 0.3) is 0 Å². The number of rotatable bonds is 10. The molecule has 0 unspecified atom stereocenters. The van der Waals surface area contributed by atoms with Gasteiger partial charge in [-0.2, -0.15) is 0 Å². The Labute approximate surface area is 202 Å². The fourth-order valence-electron chi connectivity index (χ4n) is 4.65. The average molecular weight is 469 g/mol. The van der Waals surface area contributed by atoms with Crippen molar-refractivity contribution < 1.29 is 23.7 Å². The number of hydrogen-bond acceptors (Lipinski definition) is 6. The summed E-state index contributed by atoms with van der Waals surface area (Å²) < 4.78 is 22.7. The van der Waals surface area contributed by atoms with E-state index in [0.29, 0.717) is 18.0 Å². The van der Waals surface area contributed by atoms with Crippen LogP contribution in [0.2, 0.25) is 0 Å². The van der Waals surface area contributed by atoms with Crippen molar-refractivity contribution in [2.45, 2.75) is 38.8 Å². The first-order chi connectivity index (χ1) is 16.5. The Morgan fingerprint density at radius 3 is 2.29 bits per heavy atom. The van der Waals surface area contributed by atoms with Crippen LogP contribution >= 0.6 is 0 Å². The number of aryl methyl sites for hydroxylation is 2. The van der Waals surface area contributed by atoms with Crippen LogP contribution in [0.3, 0.4) is 0 Å². The van der Waals surface area contributed by atoms with Crippen LogP contribution in [0.15, 0.2) is 36.4 Å². The highest BCUT2D eigenvalue weighted by molar-refractivity contribution is 5.89. The number of ether oxygens (including phenoxy) is 4. The molecular formula is C27H36N2O5. The predicted molar refractivity (Wildman–Crippen MR) is 131 cm³/mol. The maximum Gasteiger partial charge on any atom is 0.266 e. The summed E-state index contributed by atoms with van der Waals surface area (Å²) in [7, 11) is 3.27. The molecular weight excluding hydrogens is 432 g/mol. The fourth-order valence-corrected chi connectivity index (χ4v) is 4.65. The lowest BCUT2D eigenvalue weighted by Crippen LogP contribution is -2.61. The van der Waals surface area contributed by atoms with E-state index in [-0.39, 0.29) is 11.9 Å². The van der Waals surface area contributed by atoms with Gasteiger partial charge in [-0.3, -0.25) is 9.69 Å². The molecule has 2 fully saturated rings. The number of β-lactam (4-membered cyclic amide) rings is 1. The van der Waals surface area contributed by atoms with E-state index in [2.05, 4.69) is 11.0 Å². The van der Waals surface area contributed by atoms with Crippen molar-refractivity contribution in [1.82, 2.24) is 9.80 Å². The van der Waals surface area contributed by atoms with Crippen molar-refractivity contribution in [3.63, 3.8) is 0 Å². The zero-order valence-electron chi connectivity index (χ0n) is 20.7. The number of nitrogens with zero attached hydrogens (tertiary/aromatic N) is 2. The highest BCUT2D eigenvalue weighted by Crippen LogP contribution is 2.41. The zero-order valence-corrected chi connectivity index (χ0v) is 20.7. The normalized spacial score (nSPS) is 20.7. The lowest BCUT2D eigenvalue weighted by atomic mass is 9.89. The van der Waals surface area contributed by atoms with Crippen LogP contribution in [0.1, 0.15) is 35.6 Å². The molecule has 34 heavy (non-hydrogen) atoms. The van der Waals surface area contributed by atoms with Gasteiger partial charge in [-0.25, -0.2) is 0 Å². The second-order valence-corrected chi connectivity index (χ2v) is 9.09. The Morgan fingerprint density at radius 1 is 0.941 bits per heavy atom. The Kier molecular flexibility index (Phi) is 7.95. The first-order valence-electron chi connectivity index (χ1n) is 12.1. The Morgan fingerprint density at radius 2 is 1.62 bits per heavy atom. The third kappa shape index (κ3) is 5.47. The molecule has 0 aliphatic carbocycles. The van der Waals surface area contributed by atoms with Gasteiger partial charge in [-0.05, 0) is 68.1 Å². The Bertz CT molecular complexity index is 967. The summed E-state index contributed by atoms with van der Waals surface area (Å²) in [6, 6.07) is 11.7. The van der Waals surface area contributed by atoms with Gasteiger partial charge >= 0.3 is 0 Å². The summed E-state index contributed by atoms with van der Waals surface area (Å²) in [6.07, 6.45) is 1.41. The number of carbonyl (C=O) groups is 1. The number of carbonyl (C=O) groups excluding carboxylic acids is 1. The first kappa shape index (κ1) is 24.4. The average Bonchev–Trinajstić information content (AvgIpc) is 2.86. The zero-order chi connectivity index (χ0) is 24.1. The number of hydrogen-bond donors (Lipinski definition) is 0. The topological polar surface area (TPSA) is 60.5 Å². The number of unbranched alkanes of at least 4 members (excludes halogenated alkanes) is 1. The van der Waals surface area contributed by atoms with E-state index in [1.54, 1.807) is 14.2 Å². The number of benzene rings is 2. The summed E-state index contributed by atoms with van der Waals surface area (Å²) in [5.74, 6) is 2.18. The molecule has 2 aromatic carbocycles. The van der Waals surface area contributed by atoms with E-state index in [1.165, 1.54) is 0 Å². The van der Waals surface area contributed by atoms with Crippen molar-refractivity contribution in [2.24, 2.45) is 0 Å². The molecule has 2 aromatic rings. The van der Waals surface area contributed by atoms with Crippen LogP contribution in [0.5, 0.6) is 17.2 Å². The smallest absolute Gasteiger partial charge is 0.266 e. The summed E-state index contributed by atoms with van der Waals surface area (Å²) >= 11 is 0. The van der Waals surface area contributed by atoms with Crippen molar-refractivity contribution in [3.05, 3.63) is 53.1 Å². The minimum atomic E-state index is -0.573. The standard InChI is InChI=1S/C27H36N2O5/c1-19-7-8-20(2)24(15-19)34-26-25(21-16-22(31-3)18-23(17-21)32-4)29(27(26)30)10-6-5-9-28-11-13-33-14-12-28/h7-8,15-18,25-26H,5-6,9-14H2,1-4H3/t25-,26+/m0/s1. The number of amides is 1. The van der Waals surface area contributed by atoms with E-state index in [0.717, 1.165) is 68.1 Å². The molecule has 0 N–H and O–H groups in total. The second-order valence-electron chi connectivity index (χ2n) is 9.09. The lowest BCUT2D eigenvalue weighted by molar-refractivity contribution is -0.164. The van der Waals surface area contributed by atoms with Gasteiger partial charge < -0.3 is 23.8 Å². The van der Waals surface area contributed by atoms with Gasteiger partial charge in [0.15, 0.2) is 0 Å². The van der Waals surface area contributed by atoms with Crippen molar-refractivity contribution in [2.75, 3.05) is 53.6 Å². The van der Waals surface area contributed by atoms with Gasteiger partial charge in [0.2, 0.25) is 6.10 Å². The minimum Gasteiger partial charge on any atom is -0.497 e. The lowest BCUT2D eigenvalue weighted by Gasteiger charge is -2.47. The van der Waals surface area contributed by atoms with Crippen LogP contribution in [0.4, 0.5) is 0 Å². The summed E-state index contributed by atoms with van der Waals surface area (Å²) in [5, 5.41) is 0. The number of methoxy groups -OCH3 is 2. The minimum absolute atomic E-state index is 0.0269. The SMILES string of the molecule is COc1cc(OC)cc([C@H]2[C@@H](Oc3cc(C)ccc3C)C(=O)N2CCCCN2CCOCC2)c1. The fraction of sp³-hybridized carbons (Fsp3) is 0.519. The van der Waals surface area contributed by atoms with E-state index in [4.69, 9.17) is 18.9 Å². The third-order valence-electron chi connectivity index (χ3n) is 6.69. The van der Waals surface area contributed by atoms with Gasteiger partial charge in [-0.1, -0.05) is 12.1 Å². The second kappa shape index (κ2) is 11.1. The third-order valence-corrected chi connectivity index (χ3v) is 6.69. The molecule has 2 atom stereocenters. The van der Waals surface area contributed by atoms with Crippen LogP contribution in [-0.4, -0.2) is 75.4 Å². The number of morpholine rings is 1. The summed E-state index contributed by atoms with van der Waals surface area (Å²) in [6.45, 7) is 9.35. The molecule has 2 heterocycles. The van der Waals surface area contributed by atoms with Gasteiger partial charge in [0.25, 0.3) is 5.91 Å². The Hall–Kier alpha value is -2.77. The van der Waals surface area contributed by atoms with E-state index in [1.807, 2.05) is 49.1 Å². The van der Waals surface area contributed by atoms with Gasteiger partial charge in [0.05, 0.1) is 27.4 Å². The molecule has 1 amide bonds. The first-order valence-corrected chi connectivity index (χ1v) is 12.1. The largest absolute Gasteiger partial charge is 0.497 e. The van der Waals surface area contributed by atoms with Gasteiger partial charge in [-0.15, -0.1) is 0 Å². The summed E-state index contributed by atoms with van der Waals surface area (Å²) in [5.41, 5.74) is 3.08. The van der Waals surface area contributed by atoms with Gasteiger partial charge in [0, 0.05) is 25.7 Å². The molecule has 4 rings (SSSR count). The molecule has 0 aromatic heterocycles. The Balaban J connectivity index is 1.50. The van der Waals surface area contributed by atoms with E-state index < -0.39 is 6.10 Å². The van der Waals surface area contributed by atoms with E-state index in [9.17, 15) is 4.79 Å². The molecule has 7 heteroatoms. The van der Waals surface area contributed by atoms with Crippen molar-refractivity contribution in [3.8, 4) is 17.2 Å². The molecule has 0 radical (unpaired) electrons. The number of likely N-dealkylation sites (tertiary alicyclic amines) is 1. The maximum absolute atomic E-state index is 13.3. The van der Waals surface area contributed by atoms with Crippen LogP contribution in [0, 0.1) is 13.8 Å². The highest BCUT2D eigenvalue weighted by atomic mass is 16.5. The molecule has 0 saturated carbocycles. The molecule has 7 nitrogen and oxygen atoms in total. The van der Waals surface area contributed by atoms with Crippen molar-refractivity contribution in [1.29, 1.82) is 0 Å². The molecule has 0 bridgehead atoms.